The molecule has 0 atom stereocenters. The number of hydrogen-bond acceptors (Lipinski definition) is 4. The number of halogens is 1. The number of esters is 1. The van der Waals surface area contributed by atoms with Crippen molar-refractivity contribution < 1.29 is 18.7 Å². The fourth-order valence-electron chi connectivity index (χ4n) is 1.69. The molecule has 0 spiro atoms. The molecule has 112 valence electrons. The summed E-state index contributed by atoms with van der Waals surface area (Å²) in [5, 5.41) is 3.75. The minimum atomic E-state index is -0.638. The quantitative estimate of drug-likeness (QED) is 0.535. The van der Waals surface area contributed by atoms with Crippen LogP contribution >= 0.6 is 0 Å². The second-order valence-corrected chi connectivity index (χ2v) is 4.29. The van der Waals surface area contributed by atoms with Crippen LogP contribution in [0.3, 0.4) is 0 Å². The normalized spacial score (nSPS) is 10.5. The predicted octanol–water partition coefficient (Wildman–Crippen LogP) is 2.38. The SMILES string of the molecule is COC(=O)c1ccc(/C=N\NC(=O)c2ccccc2F)cc1. The largest absolute Gasteiger partial charge is 0.465 e. The van der Waals surface area contributed by atoms with E-state index in [1.54, 1.807) is 30.3 Å². The van der Waals surface area contributed by atoms with Gasteiger partial charge in [-0.05, 0) is 29.8 Å². The Morgan fingerprint density at radius 2 is 1.82 bits per heavy atom. The van der Waals surface area contributed by atoms with Crippen LogP contribution in [0, 0.1) is 5.82 Å². The molecule has 0 aliphatic carbocycles. The number of ether oxygens (including phenoxy) is 1. The monoisotopic (exact) mass is 300 g/mol. The van der Waals surface area contributed by atoms with Crippen molar-refractivity contribution in [3.05, 3.63) is 71.0 Å². The van der Waals surface area contributed by atoms with Gasteiger partial charge in [-0.1, -0.05) is 24.3 Å². The van der Waals surface area contributed by atoms with Gasteiger partial charge in [0.25, 0.3) is 5.91 Å². The molecule has 2 aromatic rings. The molecule has 0 aromatic heterocycles. The first-order valence-corrected chi connectivity index (χ1v) is 6.38. The zero-order valence-corrected chi connectivity index (χ0v) is 11.7. The number of amides is 1. The lowest BCUT2D eigenvalue weighted by atomic mass is 10.1. The van der Waals surface area contributed by atoms with Crippen LogP contribution in [-0.4, -0.2) is 25.2 Å². The number of nitrogens with zero attached hydrogens (tertiary/aromatic N) is 1. The van der Waals surface area contributed by atoms with Crippen molar-refractivity contribution in [2.24, 2.45) is 5.10 Å². The Bertz CT molecular complexity index is 712. The van der Waals surface area contributed by atoms with Gasteiger partial charge in [0.05, 0.1) is 24.5 Å². The van der Waals surface area contributed by atoms with Crippen molar-refractivity contribution in [3.63, 3.8) is 0 Å². The van der Waals surface area contributed by atoms with Crippen molar-refractivity contribution in [1.82, 2.24) is 5.43 Å². The van der Waals surface area contributed by atoms with E-state index in [0.29, 0.717) is 11.1 Å². The number of nitrogens with one attached hydrogen (secondary N) is 1. The molecule has 0 heterocycles. The number of hydrogen-bond donors (Lipinski definition) is 1. The Hall–Kier alpha value is -3.02. The number of hydrazone groups is 1. The van der Waals surface area contributed by atoms with E-state index in [0.717, 1.165) is 0 Å². The van der Waals surface area contributed by atoms with Crippen LogP contribution < -0.4 is 5.43 Å². The highest BCUT2D eigenvalue weighted by Gasteiger charge is 2.09. The summed E-state index contributed by atoms with van der Waals surface area (Å²) in [7, 11) is 1.30. The lowest BCUT2D eigenvalue weighted by molar-refractivity contribution is 0.0600. The molecule has 0 bridgehead atoms. The van der Waals surface area contributed by atoms with E-state index in [2.05, 4.69) is 15.3 Å². The van der Waals surface area contributed by atoms with Crippen LogP contribution in [0.1, 0.15) is 26.3 Å². The van der Waals surface area contributed by atoms with Gasteiger partial charge in [-0.25, -0.2) is 14.6 Å². The summed E-state index contributed by atoms with van der Waals surface area (Å²) in [6, 6.07) is 12.1. The smallest absolute Gasteiger partial charge is 0.337 e. The highest BCUT2D eigenvalue weighted by molar-refractivity contribution is 5.95. The number of benzene rings is 2. The first-order chi connectivity index (χ1) is 10.6. The molecule has 0 saturated heterocycles. The second kappa shape index (κ2) is 7.12. The Balaban J connectivity index is 1.99. The number of carbonyl (C=O) groups excluding carboxylic acids is 2. The van der Waals surface area contributed by atoms with E-state index >= 15 is 0 Å². The lowest BCUT2D eigenvalue weighted by Gasteiger charge is -2.01. The van der Waals surface area contributed by atoms with E-state index in [1.807, 2.05) is 0 Å². The molecule has 22 heavy (non-hydrogen) atoms. The first-order valence-electron chi connectivity index (χ1n) is 6.38. The molecule has 5 nitrogen and oxygen atoms in total. The average Bonchev–Trinajstić information content (AvgIpc) is 2.55. The van der Waals surface area contributed by atoms with E-state index in [-0.39, 0.29) is 5.56 Å². The van der Waals surface area contributed by atoms with Gasteiger partial charge in [0.1, 0.15) is 5.82 Å². The molecule has 2 rings (SSSR count). The molecule has 0 aliphatic heterocycles. The van der Waals surface area contributed by atoms with Gasteiger partial charge in [-0.15, -0.1) is 0 Å². The standard InChI is InChI=1S/C16H13FN2O3/c1-22-16(21)12-8-6-11(7-9-12)10-18-19-15(20)13-4-2-3-5-14(13)17/h2-10H,1H3,(H,19,20)/b18-10-. The fraction of sp³-hybridized carbons (Fsp3) is 0.0625. The number of methoxy groups -OCH3 is 1. The summed E-state index contributed by atoms with van der Waals surface area (Å²) >= 11 is 0. The molecule has 0 unspecified atom stereocenters. The Kier molecular flexibility index (Phi) is 4.98. The van der Waals surface area contributed by atoms with Crippen LogP contribution in [-0.2, 0) is 4.74 Å². The minimum absolute atomic E-state index is 0.0827. The van der Waals surface area contributed by atoms with Crippen molar-refractivity contribution in [1.29, 1.82) is 0 Å². The molecular formula is C16H13FN2O3. The van der Waals surface area contributed by atoms with Crippen LogP contribution in [0.4, 0.5) is 4.39 Å². The van der Waals surface area contributed by atoms with E-state index in [9.17, 15) is 14.0 Å². The summed E-state index contributed by atoms with van der Waals surface area (Å²) in [5.41, 5.74) is 3.23. The van der Waals surface area contributed by atoms with Crippen LogP contribution in [0.2, 0.25) is 0 Å². The maximum absolute atomic E-state index is 13.4. The predicted molar refractivity (Wildman–Crippen MR) is 79.2 cm³/mol. The third-order valence-corrected chi connectivity index (χ3v) is 2.83. The van der Waals surface area contributed by atoms with Gasteiger partial charge in [0.2, 0.25) is 0 Å². The molecule has 1 amide bonds. The van der Waals surface area contributed by atoms with Crippen molar-refractivity contribution >= 4 is 18.1 Å². The third kappa shape index (κ3) is 3.76. The summed E-state index contributed by atoms with van der Waals surface area (Å²) in [6.07, 6.45) is 1.39. The average molecular weight is 300 g/mol. The number of carbonyl (C=O) groups is 2. The summed E-state index contributed by atoms with van der Waals surface area (Å²) in [4.78, 5) is 23.0. The van der Waals surface area contributed by atoms with E-state index in [1.165, 1.54) is 31.5 Å². The van der Waals surface area contributed by atoms with Gasteiger partial charge in [-0.2, -0.15) is 5.10 Å². The second-order valence-electron chi connectivity index (χ2n) is 4.29. The van der Waals surface area contributed by atoms with Gasteiger partial charge in [0.15, 0.2) is 0 Å². The van der Waals surface area contributed by atoms with Crippen molar-refractivity contribution in [2.45, 2.75) is 0 Å². The minimum Gasteiger partial charge on any atom is -0.465 e. The maximum atomic E-state index is 13.4. The zero-order valence-electron chi connectivity index (χ0n) is 11.7. The highest BCUT2D eigenvalue weighted by atomic mass is 19.1. The van der Waals surface area contributed by atoms with Crippen LogP contribution in [0.25, 0.3) is 0 Å². The fourth-order valence-corrected chi connectivity index (χ4v) is 1.69. The zero-order chi connectivity index (χ0) is 15.9. The summed E-state index contributed by atoms with van der Waals surface area (Å²) in [6.45, 7) is 0. The summed E-state index contributed by atoms with van der Waals surface area (Å²) in [5.74, 6) is -1.69. The van der Waals surface area contributed by atoms with E-state index in [4.69, 9.17) is 0 Å². The number of rotatable bonds is 4. The molecule has 0 saturated carbocycles. The third-order valence-electron chi connectivity index (χ3n) is 2.83. The Labute approximate surface area is 126 Å². The molecular weight excluding hydrogens is 287 g/mol. The van der Waals surface area contributed by atoms with Crippen LogP contribution in [0.15, 0.2) is 53.6 Å². The lowest BCUT2D eigenvalue weighted by Crippen LogP contribution is -2.18. The first kappa shape index (κ1) is 15.4. The van der Waals surface area contributed by atoms with Crippen LogP contribution in [0.5, 0.6) is 0 Å². The molecule has 1 N–H and O–H groups in total. The topological polar surface area (TPSA) is 67.8 Å². The van der Waals surface area contributed by atoms with Gasteiger partial charge in [0, 0.05) is 0 Å². The van der Waals surface area contributed by atoms with E-state index < -0.39 is 17.7 Å². The molecule has 0 aliphatic rings. The van der Waals surface area contributed by atoms with Crippen molar-refractivity contribution in [3.8, 4) is 0 Å². The Morgan fingerprint density at radius 1 is 1.14 bits per heavy atom. The molecule has 0 radical (unpaired) electrons. The molecule has 2 aromatic carbocycles. The molecule has 6 heteroatoms. The maximum Gasteiger partial charge on any atom is 0.337 e. The Morgan fingerprint density at radius 3 is 2.45 bits per heavy atom. The van der Waals surface area contributed by atoms with Gasteiger partial charge >= 0.3 is 5.97 Å². The highest BCUT2D eigenvalue weighted by Crippen LogP contribution is 2.06. The molecule has 0 fully saturated rings. The van der Waals surface area contributed by atoms with Gasteiger partial charge in [-0.3, -0.25) is 4.79 Å². The van der Waals surface area contributed by atoms with Gasteiger partial charge < -0.3 is 4.74 Å². The summed E-state index contributed by atoms with van der Waals surface area (Å²) < 4.78 is 18.0. The van der Waals surface area contributed by atoms with Crippen molar-refractivity contribution in [2.75, 3.05) is 7.11 Å².